The predicted molar refractivity (Wildman–Crippen MR) is 66.0 cm³/mol. The van der Waals surface area contributed by atoms with Gasteiger partial charge in [0.15, 0.2) is 0 Å². The van der Waals surface area contributed by atoms with Crippen LogP contribution in [0.15, 0.2) is 18.3 Å². The number of hydrogen-bond donors (Lipinski definition) is 1. The van der Waals surface area contributed by atoms with E-state index in [1.807, 2.05) is 0 Å². The van der Waals surface area contributed by atoms with Gasteiger partial charge in [-0.25, -0.2) is 0 Å². The number of carbonyl (C=O) groups is 1. The highest BCUT2D eigenvalue weighted by atomic mass is 19.4. The van der Waals surface area contributed by atoms with Gasteiger partial charge in [0.05, 0.1) is 0 Å². The van der Waals surface area contributed by atoms with Gasteiger partial charge in [-0.15, -0.1) is 0 Å². The number of pyridine rings is 1. The lowest BCUT2D eigenvalue weighted by molar-refractivity contribution is -0.134. The molecule has 0 fully saturated rings. The molecule has 1 aromatic rings. The summed E-state index contributed by atoms with van der Waals surface area (Å²) in [6.45, 7) is 0.194. The second kappa shape index (κ2) is 6.40. The van der Waals surface area contributed by atoms with E-state index in [4.69, 9.17) is 0 Å². The lowest BCUT2D eigenvalue weighted by atomic mass is 10.2. The number of halogens is 3. The van der Waals surface area contributed by atoms with E-state index in [0.717, 1.165) is 0 Å². The number of hydrogen-bond acceptors (Lipinski definition) is 3. The Morgan fingerprint density at radius 2 is 2.11 bits per heavy atom. The SMILES string of the molecule is CN(C)C(=O)c1cc(NCCCC(F)(F)F)ccn1. The zero-order chi connectivity index (χ0) is 14.5. The molecule has 1 aromatic heterocycles. The van der Waals surface area contributed by atoms with Crippen LogP contribution in [0, 0.1) is 0 Å². The number of aromatic nitrogens is 1. The number of carbonyl (C=O) groups excluding carboxylic acids is 1. The van der Waals surface area contributed by atoms with Gasteiger partial charge >= 0.3 is 6.18 Å². The highest BCUT2D eigenvalue weighted by molar-refractivity contribution is 5.92. The third-order valence-electron chi connectivity index (χ3n) is 2.35. The molecule has 106 valence electrons. The molecule has 1 rings (SSSR count). The molecule has 0 spiro atoms. The van der Waals surface area contributed by atoms with Crippen LogP contribution in [-0.4, -0.2) is 42.6 Å². The zero-order valence-corrected chi connectivity index (χ0v) is 10.8. The quantitative estimate of drug-likeness (QED) is 0.840. The van der Waals surface area contributed by atoms with E-state index in [0.29, 0.717) is 5.69 Å². The summed E-state index contributed by atoms with van der Waals surface area (Å²) in [6.07, 6.45) is -3.52. The molecule has 0 saturated heterocycles. The summed E-state index contributed by atoms with van der Waals surface area (Å²) in [4.78, 5) is 16.9. The maximum absolute atomic E-state index is 12.0. The normalized spacial score (nSPS) is 11.2. The van der Waals surface area contributed by atoms with E-state index in [1.54, 1.807) is 20.2 Å². The number of alkyl halides is 3. The Hall–Kier alpha value is -1.79. The van der Waals surface area contributed by atoms with Crippen molar-refractivity contribution in [2.45, 2.75) is 19.0 Å². The fourth-order valence-corrected chi connectivity index (χ4v) is 1.41. The molecule has 0 aliphatic rings. The minimum Gasteiger partial charge on any atom is -0.385 e. The molecule has 0 aliphatic carbocycles. The fourth-order valence-electron chi connectivity index (χ4n) is 1.41. The van der Waals surface area contributed by atoms with Crippen LogP contribution in [0.1, 0.15) is 23.3 Å². The summed E-state index contributed by atoms with van der Waals surface area (Å²) in [7, 11) is 3.21. The van der Waals surface area contributed by atoms with Crippen molar-refractivity contribution in [3.63, 3.8) is 0 Å². The number of rotatable bonds is 5. The van der Waals surface area contributed by atoms with Gasteiger partial charge in [0, 0.05) is 38.9 Å². The molecule has 0 aliphatic heterocycles. The van der Waals surface area contributed by atoms with Crippen molar-refractivity contribution in [2.75, 3.05) is 26.0 Å². The van der Waals surface area contributed by atoms with Crippen molar-refractivity contribution in [2.24, 2.45) is 0 Å². The summed E-state index contributed by atoms with van der Waals surface area (Å²) in [5.41, 5.74) is 0.841. The van der Waals surface area contributed by atoms with Gasteiger partial charge in [-0.2, -0.15) is 13.2 Å². The van der Waals surface area contributed by atoms with Crippen molar-refractivity contribution in [3.8, 4) is 0 Å². The Kier molecular flexibility index (Phi) is 5.14. The lowest BCUT2D eigenvalue weighted by Crippen LogP contribution is -2.22. The molecule has 0 bridgehead atoms. The molecule has 0 saturated carbocycles. The zero-order valence-electron chi connectivity index (χ0n) is 10.8. The molecule has 1 heterocycles. The highest BCUT2D eigenvalue weighted by Crippen LogP contribution is 2.21. The van der Waals surface area contributed by atoms with Crippen LogP contribution in [0.4, 0.5) is 18.9 Å². The first-order valence-corrected chi connectivity index (χ1v) is 5.78. The number of nitrogens with one attached hydrogen (secondary N) is 1. The second-order valence-corrected chi connectivity index (χ2v) is 4.27. The van der Waals surface area contributed by atoms with E-state index in [9.17, 15) is 18.0 Å². The standard InChI is InChI=1S/C12H16F3N3O/c1-18(2)11(19)10-8-9(4-7-17-10)16-6-3-5-12(13,14)15/h4,7-8H,3,5-6H2,1-2H3,(H,16,17). The van der Waals surface area contributed by atoms with E-state index in [2.05, 4.69) is 10.3 Å². The van der Waals surface area contributed by atoms with E-state index >= 15 is 0 Å². The Balaban J connectivity index is 2.51. The van der Waals surface area contributed by atoms with E-state index < -0.39 is 12.6 Å². The molecule has 0 atom stereocenters. The highest BCUT2D eigenvalue weighted by Gasteiger charge is 2.25. The summed E-state index contributed by atoms with van der Waals surface area (Å²) in [5, 5.41) is 2.84. The summed E-state index contributed by atoms with van der Waals surface area (Å²) < 4.78 is 35.9. The molecule has 7 heteroatoms. The maximum atomic E-state index is 12.0. The first-order valence-electron chi connectivity index (χ1n) is 5.78. The van der Waals surface area contributed by atoms with Crippen LogP contribution in [-0.2, 0) is 0 Å². The van der Waals surface area contributed by atoms with Crippen LogP contribution in [0.25, 0.3) is 0 Å². The maximum Gasteiger partial charge on any atom is 0.389 e. The second-order valence-electron chi connectivity index (χ2n) is 4.27. The van der Waals surface area contributed by atoms with Gasteiger partial charge in [-0.3, -0.25) is 9.78 Å². The fraction of sp³-hybridized carbons (Fsp3) is 0.500. The van der Waals surface area contributed by atoms with Gasteiger partial charge in [0.25, 0.3) is 5.91 Å². The van der Waals surface area contributed by atoms with Crippen LogP contribution in [0.2, 0.25) is 0 Å². The summed E-state index contributed by atoms with van der Waals surface area (Å²) in [6, 6.07) is 3.13. The molecule has 4 nitrogen and oxygen atoms in total. The first-order chi connectivity index (χ1) is 8.79. The van der Waals surface area contributed by atoms with Crippen LogP contribution in [0.3, 0.4) is 0 Å². The molecule has 1 N–H and O–H groups in total. The van der Waals surface area contributed by atoms with Gasteiger partial charge < -0.3 is 10.2 Å². The molecule has 0 aromatic carbocycles. The van der Waals surface area contributed by atoms with Crippen molar-refractivity contribution in [1.29, 1.82) is 0 Å². The van der Waals surface area contributed by atoms with Crippen molar-refractivity contribution in [3.05, 3.63) is 24.0 Å². The van der Waals surface area contributed by atoms with Crippen LogP contribution >= 0.6 is 0 Å². The third kappa shape index (κ3) is 5.58. The van der Waals surface area contributed by atoms with E-state index in [1.165, 1.54) is 17.2 Å². The molecule has 0 radical (unpaired) electrons. The van der Waals surface area contributed by atoms with Gasteiger partial charge in [-0.1, -0.05) is 0 Å². The Morgan fingerprint density at radius 1 is 1.42 bits per heavy atom. The Bertz CT molecular complexity index is 432. The van der Waals surface area contributed by atoms with Crippen molar-refractivity contribution >= 4 is 11.6 Å². The Morgan fingerprint density at radius 3 is 2.68 bits per heavy atom. The average Bonchev–Trinajstić information content (AvgIpc) is 2.33. The summed E-state index contributed by atoms with van der Waals surface area (Å²) in [5.74, 6) is -0.251. The number of amides is 1. The molecular formula is C12H16F3N3O. The minimum atomic E-state index is -4.13. The topological polar surface area (TPSA) is 45.2 Å². The van der Waals surface area contributed by atoms with Crippen LogP contribution in [0.5, 0.6) is 0 Å². The molecule has 1 amide bonds. The number of anilines is 1. The average molecular weight is 275 g/mol. The molecule has 0 unspecified atom stereocenters. The van der Waals surface area contributed by atoms with Crippen LogP contribution < -0.4 is 5.32 Å². The minimum absolute atomic E-state index is 0.0111. The van der Waals surface area contributed by atoms with Gasteiger partial charge in [-0.05, 0) is 18.6 Å². The monoisotopic (exact) mass is 275 g/mol. The van der Waals surface area contributed by atoms with Crippen molar-refractivity contribution < 1.29 is 18.0 Å². The molecule has 19 heavy (non-hydrogen) atoms. The van der Waals surface area contributed by atoms with E-state index in [-0.39, 0.29) is 24.6 Å². The van der Waals surface area contributed by atoms with Crippen molar-refractivity contribution in [1.82, 2.24) is 9.88 Å². The van der Waals surface area contributed by atoms with Gasteiger partial charge in [0.1, 0.15) is 5.69 Å². The molecular weight excluding hydrogens is 259 g/mol. The van der Waals surface area contributed by atoms with Gasteiger partial charge in [0.2, 0.25) is 0 Å². The lowest BCUT2D eigenvalue weighted by Gasteiger charge is -2.11. The summed E-state index contributed by atoms with van der Waals surface area (Å²) >= 11 is 0. The largest absolute Gasteiger partial charge is 0.389 e. The Labute approximate surface area is 109 Å². The number of nitrogens with zero attached hydrogens (tertiary/aromatic N) is 2. The predicted octanol–water partition coefficient (Wildman–Crippen LogP) is 2.54. The smallest absolute Gasteiger partial charge is 0.385 e. The first kappa shape index (κ1) is 15.3. The third-order valence-corrected chi connectivity index (χ3v) is 2.35.